The summed E-state index contributed by atoms with van der Waals surface area (Å²) >= 11 is 0. The molecule has 0 aliphatic heterocycles. The highest BCUT2D eigenvalue weighted by molar-refractivity contribution is 5.64. The van der Waals surface area contributed by atoms with Crippen LogP contribution in [-0.4, -0.2) is 9.97 Å². The summed E-state index contributed by atoms with van der Waals surface area (Å²) in [6, 6.07) is 13.2. The molecule has 0 saturated heterocycles. The number of hydrogen-bond donors (Lipinski definition) is 2. The number of rotatable bonds is 5. The van der Waals surface area contributed by atoms with Gasteiger partial charge < -0.3 is 10.6 Å². The number of para-hydroxylation sites is 1. The molecule has 0 aliphatic rings. The smallest absolute Gasteiger partial charge is 0.160 e. The molecular formula is C18H16F2N4. The number of nitrogens with one attached hydrogen (secondary N) is 2. The normalized spacial score (nSPS) is 10.5. The molecule has 2 aromatic carbocycles. The molecule has 0 bridgehead atoms. The molecule has 0 atom stereocenters. The van der Waals surface area contributed by atoms with E-state index >= 15 is 0 Å². The summed E-state index contributed by atoms with van der Waals surface area (Å²) in [6.07, 6.45) is 2.30. The minimum absolute atomic E-state index is 0.410. The number of benzene rings is 2. The summed E-state index contributed by atoms with van der Waals surface area (Å²) in [5.41, 5.74) is 2.55. The summed E-state index contributed by atoms with van der Waals surface area (Å²) in [4.78, 5) is 8.28. The van der Waals surface area contributed by atoms with Crippen LogP contribution >= 0.6 is 0 Å². The molecule has 0 saturated carbocycles. The molecule has 1 aromatic heterocycles. The number of anilines is 4. The Balaban J connectivity index is 1.80. The van der Waals surface area contributed by atoms with Crippen LogP contribution in [0.4, 0.5) is 31.8 Å². The van der Waals surface area contributed by atoms with Gasteiger partial charge in [0, 0.05) is 23.5 Å². The van der Waals surface area contributed by atoms with Gasteiger partial charge in [-0.1, -0.05) is 25.1 Å². The Morgan fingerprint density at radius 2 is 1.62 bits per heavy atom. The van der Waals surface area contributed by atoms with Crippen molar-refractivity contribution < 1.29 is 8.78 Å². The van der Waals surface area contributed by atoms with Crippen molar-refractivity contribution in [2.24, 2.45) is 0 Å². The molecule has 1 heterocycles. The first kappa shape index (κ1) is 15.9. The third kappa shape index (κ3) is 3.65. The van der Waals surface area contributed by atoms with Crippen LogP contribution in [0.1, 0.15) is 12.5 Å². The van der Waals surface area contributed by atoms with Crippen LogP contribution in [0, 0.1) is 11.6 Å². The van der Waals surface area contributed by atoms with Crippen LogP contribution in [0.5, 0.6) is 0 Å². The zero-order valence-electron chi connectivity index (χ0n) is 13.1. The van der Waals surface area contributed by atoms with E-state index in [2.05, 4.69) is 27.5 Å². The van der Waals surface area contributed by atoms with Crippen molar-refractivity contribution in [2.45, 2.75) is 13.3 Å². The molecule has 0 aliphatic carbocycles. The lowest BCUT2D eigenvalue weighted by Gasteiger charge is -2.11. The number of aromatic nitrogens is 2. The molecule has 3 aromatic rings. The van der Waals surface area contributed by atoms with Crippen molar-refractivity contribution in [3.05, 3.63) is 72.1 Å². The molecular weight excluding hydrogens is 310 g/mol. The van der Waals surface area contributed by atoms with E-state index in [9.17, 15) is 8.78 Å². The highest BCUT2D eigenvalue weighted by Crippen LogP contribution is 2.22. The molecule has 0 fully saturated rings. The van der Waals surface area contributed by atoms with Gasteiger partial charge in [0.05, 0.1) is 0 Å². The molecule has 0 unspecified atom stereocenters. The molecule has 6 heteroatoms. The van der Waals surface area contributed by atoms with Crippen molar-refractivity contribution in [3.8, 4) is 0 Å². The summed E-state index contributed by atoms with van der Waals surface area (Å²) in [7, 11) is 0. The first-order chi connectivity index (χ1) is 11.7. The van der Waals surface area contributed by atoms with Crippen molar-refractivity contribution in [1.82, 2.24) is 9.97 Å². The second kappa shape index (κ2) is 7.04. The fourth-order valence-electron chi connectivity index (χ4n) is 2.30. The lowest BCUT2D eigenvalue weighted by atomic mass is 10.1. The maximum absolute atomic E-state index is 13.3. The molecule has 4 nitrogen and oxygen atoms in total. The predicted molar refractivity (Wildman–Crippen MR) is 90.8 cm³/mol. The summed E-state index contributed by atoms with van der Waals surface area (Å²) in [5.74, 6) is -0.713. The predicted octanol–water partition coefficient (Wildman–Crippen LogP) is 4.80. The van der Waals surface area contributed by atoms with E-state index in [1.807, 2.05) is 24.3 Å². The van der Waals surface area contributed by atoms with Crippen LogP contribution in [0.15, 0.2) is 54.9 Å². The van der Waals surface area contributed by atoms with Crippen molar-refractivity contribution in [1.29, 1.82) is 0 Å². The first-order valence-corrected chi connectivity index (χ1v) is 7.54. The largest absolute Gasteiger partial charge is 0.340 e. The zero-order valence-corrected chi connectivity index (χ0v) is 13.1. The Labute approximate surface area is 138 Å². The Hall–Kier alpha value is -3.02. The van der Waals surface area contributed by atoms with Crippen molar-refractivity contribution in [3.63, 3.8) is 0 Å². The lowest BCUT2D eigenvalue weighted by Crippen LogP contribution is -2.00. The van der Waals surface area contributed by atoms with Crippen LogP contribution in [-0.2, 0) is 6.42 Å². The summed E-state index contributed by atoms with van der Waals surface area (Å²) < 4.78 is 26.2. The third-order valence-electron chi connectivity index (χ3n) is 3.52. The average Bonchev–Trinajstić information content (AvgIpc) is 2.59. The van der Waals surface area contributed by atoms with E-state index in [1.54, 1.807) is 6.07 Å². The van der Waals surface area contributed by atoms with Gasteiger partial charge in [-0.15, -0.1) is 0 Å². The van der Waals surface area contributed by atoms with Crippen molar-refractivity contribution in [2.75, 3.05) is 10.6 Å². The molecule has 0 radical (unpaired) electrons. The monoisotopic (exact) mass is 326 g/mol. The van der Waals surface area contributed by atoms with Gasteiger partial charge in [0.15, 0.2) is 11.6 Å². The van der Waals surface area contributed by atoms with Crippen molar-refractivity contribution >= 4 is 23.0 Å². The van der Waals surface area contributed by atoms with Gasteiger partial charge in [-0.25, -0.2) is 18.7 Å². The Kier molecular flexibility index (Phi) is 4.65. The first-order valence-electron chi connectivity index (χ1n) is 7.54. The van der Waals surface area contributed by atoms with E-state index in [0.29, 0.717) is 17.3 Å². The highest BCUT2D eigenvalue weighted by atomic mass is 19.2. The van der Waals surface area contributed by atoms with Crippen LogP contribution in [0.25, 0.3) is 0 Å². The molecule has 3 rings (SSSR count). The van der Waals surface area contributed by atoms with Crippen LogP contribution < -0.4 is 10.6 Å². The number of hydrogen-bond acceptors (Lipinski definition) is 4. The zero-order chi connectivity index (χ0) is 16.9. The average molecular weight is 326 g/mol. The van der Waals surface area contributed by atoms with Gasteiger partial charge >= 0.3 is 0 Å². The van der Waals surface area contributed by atoms with E-state index in [4.69, 9.17) is 0 Å². The molecule has 24 heavy (non-hydrogen) atoms. The van der Waals surface area contributed by atoms with E-state index in [-0.39, 0.29) is 0 Å². The number of aryl methyl sites for hydroxylation is 1. The highest BCUT2D eigenvalue weighted by Gasteiger charge is 2.06. The van der Waals surface area contributed by atoms with Gasteiger partial charge in [0.25, 0.3) is 0 Å². The second-order valence-corrected chi connectivity index (χ2v) is 5.18. The third-order valence-corrected chi connectivity index (χ3v) is 3.52. The minimum atomic E-state index is -0.913. The fraction of sp³-hybridized carbons (Fsp3) is 0.111. The number of halogens is 2. The van der Waals surface area contributed by atoms with Crippen LogP contribution in [0.2, 0.25) is 0 Å². The van der Waals surface area contributed by atoms with Crippen LogP contribution in [0.3, 0.4) is 0 Å². The van der Waals surface area contributed by atoms with Gasteiger partial charge in [-0.2, -0.15) is 0 Å². The lowest BCUT2D eigenvalue weighted by molar-refractivity contribution is 0.509. The maximum Gasteiger partial charge on any atom is 0.160 e. The Morgan fingerprint density at radius 3 is 2.38 bits per heavy atom. The quantitative estimate of drug-likeness (QED) is 0.707. The van der Waals surface area contributed by atoms with E-state index in [0.717, 1.165) is 24.2 Å². The minimum Gasteiger partial charge on any atom is -0.340 e. The molecule has 122 valence electrons. The fourth-order valence-corrected chi connectivity index (χ4v) is 2.30. The molecule has 0 spiro atoms. The van der Waals surface area contributed by atoms with E-state index in [1.165, 1.54) is 18.0 Å². The van der Waals surface area contributed by atoms with Gasteiger partial charge in [0.1, 0.15) is 18.0 Å². The van der Waals surface area contributed by atoms with Gasteiger partial charge in [-0.3, -0.25) is 0 Å². The van der Waals surface area contributed by atoms with Gasteiger partial charge in [0.2, 0.25) is 0 Å². The SMILES string of the molecule is CCc1ccccc1Nc1cc(Nc2ccc(F)c(F)c2)ncn1. The van der Waals surface area contributed by atoms with Gasteiger partial charge in [-0.05, 0) is 30.2 Å². The Bertz CT molecular complexity index is 852. The summed E-state index contributed by atoms with van der Waals surface area (Å²) in [6.45, 7) is 2.08. The van der Waals surface area contributed by atoms with E-state index < -0.39 is 11.6 Å². The Morgan fingerprint density at radius 1 is 0.875 bits per heavy atom. The maximum atomic E-state index is 13.3. The topological polar surface area (TPSA) is 49.8 Å². The standard InChI is InChI=1S/C18H16F2N4/c1-2-12-5-3-4-6-16(12)24-18-10-17(21-11-22-18)23-13-7-8-14(19)15(20)9-13/h3-11H,2H2,1H3,(H2,21,22,23,24). The number of nitrogens with zero attached hydrogens (tertiary/aromatic N) is 2. The molecule has 2 N–H and O–H groups in total. The summed E-state index contributed by atoms with van der Waals surface area (Å²) in [5, 5.41) is 6.17. The second-order valence-electron chi connectivity index (χ2n) is 5.18. The molecule has 0 amide bonds.